The number of aryl methyl sites for hydroxylation is 2. The van der Waals surface area contributed by atoms with Gasteiger partial charge in [0, 0.05) is 12.4 Å². The van der Waals surface area contributed by atoms with Crippen LogP contribution in [0.5, 0.6) is 0 Å². The van der Waals surface area contributed by atoms with Crippen LogP contribution in [0.15, 0.2) is 95.0 Å². The first kappa shape index (κ1) is 25.7. The molecule has 0 aliphatic rings. The maximum absolute atomic E-state index is 12.2. The van der Waals surface area contributed by atoms with Crippen molar-refractivity contribution in [3.63, 3.8) is 0 Å². The summed E-state index contributed by atoms with van der Waals surface area (Å²) in [4.78, 5) is 21.9. The van der Waals surface area contributed by atoms with Crippen LogP contribution in [0.3, 0.4) is 0 Å². The zero-order valence-electron chi connectivity index (χ0n) is 18.8. The molecule has 0 atom stereocenters. The van der Waals surface area contributed by atoms with Gasteiger partial charge in [-0.1, -0.05) is 35.4 Å². The van der Waals surface area contributed by atoms with E-state index in [0.29, 0.717) is 6.29 Å². The lowest BCUT2D eigenvalue weighted by molar-refractivity contribution is 0.0689. The van der Waals surface area contributed by atoms with Gasteiger partial charge >= 0.3 is 5.97 Å². The fourth-order valence-electron chi connectivity index (χ4n) is 3.08. The SMILES string of the molecule is Cc1ccc(S(=O)(=O)n2cccc2C(=O)O)cc1.Cc1ccc(S(=O)(=O)n2cccc2C=O)cc1. The fraction of sp³-hybridized carbons (Fsp3) is 0.0833. The Bertz CT molecular complexity index is 1560. The van der Waals surface area contributed by atoms with Gasteiger partial charge in [0.05, 0.1) is 15.5 Å². The largest absolute Gasteiger partial charge is 0.477 e. The summed E-state index contributed by atoms with van der Waals surface area (Å²) in [6.07, 6.45) is 3.10. The second-order valence-corrected chi connectivity index (χ2v) is 11.1. The van der Waals surface area contributed by atoms with Gasteiger partial charge in [-0.2, -0.15) is 0 Å². The van der Waals surface area contributed by atoms with E-state index in [4.69, 9.17) is 5.11 Å². The lowest BCUT2D eigenvalue weighted by atomic mass is 10.2. The van der Waals surface area contributed by atoms with Crippen LogP contribution < -0.4 is 0 Å². The molecule has 0 fully saturated rings. The summed E-state index contributed by atoms with van der Waals surface area (Å²) in [6, 6.07) is 18.3. The molecule has 2 heterocycles. The Labute approximate surface area is 203 Å². The second kappa shape index (κ2) is 10.1. The molecule has 0 amide bonds. The van der Waals surface area contributed by atoms with E-state index in [1.807, 2.05) is 13.8 Å². The Kier molecular flexibility index (Phi) is 7.42. The molecule has 0 saturated heterocycles. The van der Waals surface area contributed by atoms with E-state index in [1.165, 1.54) is 60.9 Å². The number of carboxylic acid groups (broad SMARTS) is 1. The normalized spacial score (nSPS) is 11.4. The first-order chi connectivity index (χ1) is 16.5. The third kappa shape index (κ3) is 5.42. The molecule has 2 aromatic carbocycles. The summed E-state index contributed by atoms with van der Waals surface area (Å²) in [7, 11) is -7.52. The number of aromatic carboxylic acids is 1. The summed E-state index contributed by atoms with van der Waals surface area (Å²) < 4.78 is 50.6. The van der Waals surface area contributed by atoms with Gasteiger partial charge in [0.15, 0.2) is 6.29 Å². The molecule has 0 aliphatic carbocycles. The lowest BCUT2D eigenvalue weighted by Crippen LogP contribution is -2.17. The minimum Gasteiger partial charge on any atom is -0.477 e. The van der Waals surface area contributed by atoms with E-state index in [1.54, 1.807) is 24.3 Å². The Morgan fingerprint density at radius 3 is 1.60 bits per heavy atom. The van der Waals surface area contributed by atoms with E-state index in [-0.39, 0.29) is 21.2 Å². The highest BCUT2D eigenvalue weighted by molar-refractivity contribution is 7.90. The number of aromatic nitrogens is 2. The summed E-state index contributed by atoms with van der Waals surface area (Å²) in [5.74, 6) is -1.28. The van der Waals surface area contributed by atoms with E-state index in [0.717, 1.165) is 19.1 Å². The predicted octanol–water partition coefficient (Wildman–Crippen LogP) is 3.58. The van der Waals surface area contributed by atoms with E-state index in [9.17, 15) is 26.4 Å². The first-order valence-electron chi connectivity index (χ1n) is 10.2. The van der Waals surface area contributed by atoms with Gasteiger partial charge < -0.3 is 5.11 Å². The maximum Gasteiger partial charge on any atom is 0.353 e. The average molecular weight is 515 g/mol. The van der Waals surface area contributed by atoms with Crippen LogP contribution in [0, 0.1) is 13.8 Å². The molecule has 0 spiro atoms. The number of carboxylic acids is 1. The van der Waals surface area contributed by atoms with Crippen LogP contribution in [0.25, 0.3) is 0 Å². The van der Waals surface area contributed by atoms with E-state index < -0.39 is 26.0 Å². The lowest BCUT2D eigenvalue weighted by Gasteiger charge is -2.08. The molecule has 0 bridgehead atoms. The molecule has 2 aromatic heterocycles. The number of carbonyl (C=O) groups is 2. The first-order valence-corrected chi connectivity index (χ1v) is 13.0. The smallest absolute Gasteiger partial charge is 0.353 e. The second-order valence-electron chi connectivity index (χ2n) is 7.48. The van der Waals surface area contributed by atoms with Crippen LogP contribution in [-0.4, -0.2) is 42.1 Å². The molecule has 0 radical (unpaired) electrons. The molecule has 0 unspecified atom stereocenters. The molecule has 35 heavy (non-hydrogen) atoms. The van der Waals surface area contributed by atoms with Crippen molar-refractivity contribution in [3.8, 4) is 0 Å². The topological polar surface area (TPSA) is 133 Å². The van der Waals surface area contributed by atoms with Crippen LogP contribution in [0.4, 0.5) is 0 Å². The maximum atomic E-state index is 12.2. The number of hydrogen-bond donors (Lipinski definition) is 1. The Balaban J connectivity index is 0.000000196. The molecule has 4 rings (SSSR count). The van der Waals surface area contributed by atoms with Crippen molar-refractivity contribution in [1.82, 2.24) is 7.94 Å². The van der Waals surface area contributed by atoms with Gasteiger partial charge in [0.25, 0.3) is 20.0 Å². The zero-order valence-corrected chi connectivity index (χ0v) is 20.4. The van der Waals surface area contributed by atoms with Gasteiger partial charge in [-0.15, -0.1) is 0 Å². The minimum absolute atomic E-state index is 0.0619. The third-order valence-corrected chi connectivity index (χ3v) is 8.37. The number of aldehydes is 1. The molecule has 182 valence electrons. The molecule has 4 aromatic rings. The highest BCUT2D eigenvalue weighted by Crippen LogP contribution is 2.18. The summed E-state index contributed by atoms with van der Waals surface area (Å²) >= 11 is 0. The minimum atomic E-state index is -3.85. The number of nitrogens with zero attached hydrogens (tertiary/aromatic N) is 2. The van der Waals surface area contributed by atoms with Gasteiger partial charge in [-0.3, -0.25) is 4.79 Å². The van der Waals surface area contributed by atoms with E-state index in [2.05, 4.69) is 0 Å². The highest BCUT2D eigenvalue weighted by atomic mass is 32.2. The number of carbonyl (C=O) groups excluding carboxylic acids is 1. The Morgan fingerprint density at radius 1 is 0.714 bits per heavy atom. The number of rotatable bonds is 6. The Morgan fingerprint density at radius 2 is 1.14 bits per heavy atom. The standard InChI is InChI=1S/C12H11NO4S.C12H11NO3S/c1-9-4-6-10(7-5-9)18(16,17)13-8-2-3-11(13)12(14)15;1-10-4-6-12(7-5-10)17(15,16)13-8-2-3-11(13)9-14/h2-8H,1H3,(H,14,15);2-9H,1H3. The monoisotopic (exact) mass is 514 g/mol. The molecule has 9 nitrogen and oxygen atoms in total. The van der Waals surface area contributed by atoms with Gasteiger partial charge in [0.1, 0.15) is 5.69 Å². The van der Waals surface area contributed by atoms with Crippen molar-refractivity contribution >= 4 is 32.3 Å². The molecule has 0 aliphatic heterocycles. The molecule has 11 heteroatoms. The van der Waals surface area contributed by atoms with Crippen LogP contribution in [0.1, 0.15) is 32.1 Å². The third-order valence-electron chi connectivity index (χ3n) is 4.95. The van der Waals surface area contributed by atoms with Gasteiger partial charge in [-0.05, 0) is 62.4 Å². The number of benzene rings is 2. The number of hydrogen-bond acceptors (Lipinski definition) is 6. The zero-order chi connectivity index (χ0) is 25.8. The van der Waals surface area contributed by atoms with Gasteiger partial charge in [0.2, 0.25) is 0 Å². The fourth-order valence-corrected chi connectivity index (χ4v) is 5.73. The van der Waals surface area contributed by atoms with Crippen molar-refractivity contribution < 1.29 is 31.5 Å². The van der Waals surface area contributed by atoms with Crippen molar-refractivity contribution in [2.75, 3.05) is 0 Å². The van der Waals surface area contributed by atoms with Crippen molar-refractivity contribution in [1.29, 1.82) is 0 Å². The quantitative estimate of drug-likeness (QED) is 0.389. The summed E-state index contributed by atoms with van der Waals surface area (Å²) in [5, 5.41) is 8.92. The van der Waals surface area contributed by atoms with Crippen molar-refractivity contribution in [2.24, 2.45) is 0 Å². The average Bonchev–Trinajstić information content (AvgIpc) is 3.50. The van der Waals surface area contributed by atoms with Crippen molar-refractivity contribution in [2.45, 2.75) is 23.6 Å². The summed E-state index contributed by atoms with van der Waals surface area (Å²) in [6.45, 7) is 3.72. The molecular formula is C24H22N2O7S2. The predicted molar refractivity (Wildman–Crippen MR) is 129 cm³/mol. The van der Waals surface area contributed by atoms with Crippen LogP contribution in [-0.2, 0) is 20.0 Å². The van der Waals surface area contributed by atoms with E-state index >= 15 is 0 Å². The van der Waals surface area contributed by atoms with Crippen LogP contribution >= 0.6 is 0 Å². The Hall–Kier alpha value is -3.96. The molecule has 0 saturated carbocycles. The summed E-state index contributed by atoms with van der Waals surface area (Å²) in [5.41, 5.74) is 1.74. The van der Waals surface area contributed by atoms with Crippen LogP contribution in [0.2, 0.25) is 0 Å². The molecule has 1 N–H and O–H groups in total. The van der Waals surface area contributed by atoms with Crippen molar-refractivity contribution in [3.05, 3.63) is 108 Å². The highest BCUT2D eigenvalue weighted by Gasteiger charge is 2.22. The van der Waals surface area contributed by atoms with Gasteiger partial charge in [-0.25, -0.2) is 29.6 Å². The molecular weight excluding hydrogens is 492 g/mol.